The molecular weight excluding hydrogens is 370 g/mol. The molecule has 29 heavy (non-hydrogen) atoms. The number of amides is 1. The second-order valence-corrected chi connectivity index (χ2v) is 7.76. The molecule has 2 heterocycles. The van der Waals surface area contributed by atoms with Gasteiger partial charge in [-0.2, -0.15) is 0 Å². The van der Waals surface area contributed by atoms with Crippen molar-refractivity contribution < 1.29 is 14.3 Å². The Balaban J connectivity index is 1.76. The molecule has 3 rings (SSSR count). The number of carbonyl (C=O) groups excluding carboxylic acids is 2. The molecule has 0 bridgehead atoms. The maximum absolute atomic E-state index is 11.8. The van der Waals surface area contributed by atoms with Gasteiger partial charge in [-0.15, -0.1) is 10.2 Å². The summed E-state index contributed by atoms with van der Waals surface area (Å²) in [6.45, 7) is 6.39. The molecule has 1 aliphatic rings. The topological polar surface area (TPSA) is 103 Å². The first-order chi connectivity index (χ1) is 13.9. The molecule has 0 aliphatic carbocycles. The van der Waals surface area contributed by atoms with E-state index in [1.165, 1.54) is 7.11 Å². The third-order valence-corrected chi connectivity index (χ3v) is 5.42. The SMILES string of the molecule is COC(=O)C1CCN(c2nnc(C(C)C)n2CCc2cccc(C(N)=O)c2)CC1. The summed E-state index contributed by atoms with van der Waals surface area (Å²) >= 11 is 0. The Kier molecular flexibility index (Phi) is 6.51. The Labute approximate surface area is 171 Å². The van der Waals surface area contributed by atoms with E-state index in [0.29, 0.717) is 12.1 Å². The summed E-state index contributed by atoms with van der Waals surface area (Å²) in [5.41, 5.74) is 6.95. The van der Waals surface area contributed by atoms with Crippen molar-refractivity contribution in [2.45, 2.75) is 45.6 Å². The highest BCUT2D eigenvalue weighted by Crippen LogP contribution is 2.26. The third-order valence-electron chi connectivity index (χ3n) is 5.42. The minimum atomic E-state index is -0.423. The fourth-order valence-electron chi connectivity index (χ4n) is 3.78. The summed E-state index contributed by atoms with van der Waals surface area (Å²) in [5.74, 6) is 1.40. The first-order valence-corrected chi connectivity index (χ1v) is 10.0. The molecule has 1 aromatic heterocycles. The van der Waals surface area contributed by atoms with Crippen molar-refractivity contribution in [3.63, 3.8) is 0 Å². The van der Waals surface area contributed by atoms with Gasteiger partial charge in [0.15, 0.2) is 0 Å². The summed E-state index contributed by atoms with van der Waals surface area (Å²) in [4.78, 5) is 25.4. The van der Waals surface area contributed by atoms with Crippen molar-refractivity contribution in [3.05, 3.63) is 41.2 Å². The lowest BCUT2D eigenvalue weighted by molar-refractivity contribution is -0.146. The zero-order valence-corrected chi connectivity index (χ0v) is 17.3. The molecule has 1 aromatic carbocycles. The van der Waals surface area contributed by atoms with Gasteiger partial charge in [0.2, 0.25) is 11.9 Å². The molecule has 1 aliphatic heterocycles. The molecule has 0 saturated carbocycles. The fourth-order valence-corrected chi connectivity index (χ4v) is 3.78. The minimum absolute atomic E-state index is 0.0475. The van der Waals surface area contributed by atoms with E-state index in [9.17, 15) is 9.59 Å². The molecule has 8 nitrogen and oxygen atoms in total. The molecule has 1 fully saturated rings. The van der Waals surface area contributed by atoms with Crippen LogP contribution in [0.25, 0.3) is 0 Å². The summed E-state index contributed by atoms with van der Waals surface area (Å²) in [6.07, 6.45) is 2.24. The number of rotatable bonds is 7. The number of carbonyl (C=O) groups is 2. The first-order valence-electron chi connectivity index (χ1n) is 10.0. The molecule has 0 spiro atoms. The van der Waals surface area contributed by atoms with E-state index >= 15 is 0 Å². The van der Waals surface area contributed by atoms with Crippen molar-refractivity contribution in [2.75, 3.05) is 25.1 Å². The Hall–Kier alpha value is -2.90. The molecule has 2 N–H and O–H groups in total. The van der Waals surface area contributed by atoms with Gasteiger partial charge in [-0.25, -0.2) is 0 Å². The van der Waals surface area contributed by atoms with Gasteiger partial charge in [0, 0.05) is 31.1 Å². The maximum atomic E-state index is 11.8. The Morgan fingerprint density at radius 1 is 1.24 bits per heavy atom. The third kappa shape index (κ3) is 4.75. The number of nitrogens with zero attached hydrogens (tertiary/aromatic N) is 4. The summed E-state index contributed by atoms with van der Waals surface area (Å²) in [5, 5.41) is 8.88. The lowest BCUT2D eigenvalue weighted by atomic mass is 9.97. The number of esters is 1. The number of aryl methyl sites for hydroxylation is 1. The zero-order chi connectivity index (χ0) is 21.0. The van der Waals surface area contributed by atoms with E-state index in [4.69, 9.17) is 10.5 Å². The molecule has 0 radical (unpaired) electrons. The summed E-state index contributed by atoms with van der Waals surface area (Å²) in [6, 6.07) is 7.40. The lowest BCUT2D eigenvalue weighted by Crippen LogP contribution is -2.38. The lowest BCUT2D eigenvalue weighted by Gasteiger charge is -2.31. The van der Waals surface area contributed by atoms with Gasteiger partial charge in [0.25, 0.3) is 0 Å². The predicted octanol–water partition coefficient (Wildman–Crippen LogP) is 2.13. The fraction of sp³-hybridized carbons (Fsp3) is 0.524. The molecule has 2 aromatic rings. The number of methoxy groups -OCH3 is 1. The van der Waals surface area contributed by atoms with Crippen molar-refractivity contribution in [2.24, 2.45) is 11.7 Å². The van der Waals surface area contributed by atoms with Crippen LogP contribution in [0.15, 0.2) is 24.3 Å². The van der Waals surface area contributed by atoms with Gasteiger partial charge < -0.3 is 15.4 Å². The second kappa shape index (κ2) is 9.07. The normalized spacial score (nSPS) is 15.0. The highest BCUT2D eigenvalue weighted by molar-refractivity contribution is 5.92. The van der Waals surface area contributed by atoms with Crippen molar-refractivity contribution in [1.82, 2.24) is 14.8 Å². The number of hydrogen-bond acceptors (Lipinski definition) is 6. The van der Waals surface area contributed by atoms with Gasteiger partial charge in [-0.1, -0.05) is 26.0 Å². The van der Waals surface area contributed by atoms with Crippen LogP contribution in [0.5, 0.6) is 0 Å². The number of piperidine rings is 1. The number of benzene rings is 1. The smallest absolute Gasteiger partial charge is 0.308 e. The van der Waals surface area contributed by atoms with E-state index in [0.717, 1.165) is 49.7 Å². The van der Waals surface area contributed by atoms with Gasteiger partial charge in [-0.3, -0.25) is 14.2 Å². The molecule has 156 valence electrons. The van der Waals surface area contributed by atoms with Gasteiger partial charge in [0.05, 0.1) is 13.0 Å². The quantitative estimate of drug-likeness (QED) is 0.716. The van der Waals surface area contributed by atoms with Crippen LogP contribution in [0.3, 0.4) is 0 Å². The second-order valence-electron chi connectivity index (χ2n) is 7.76. The van der Waals surface area contributed by atoms with E-state index in [2.05, 4.69) is 33.5 Å². The highest BCUT2D eigenvalue weighted by atomic mass is 16.5. The van der Waals surface area contributed by atoms with Crippen LogP contribution in [0.1, 0.15) is 54.4 Å². The summed E-state index contributed by atoms with van der Waals surface area (Å²) < 4.78 is 7.03. The molecule has 0 atom stereocenters. The van der Waals surface area contributed by atoms with Crippen LogP contribution in [0.4, 0.5) is 5.95 Å². The number of aromatic nitrogens is 3. The van der Waals surface area contributed by atoms with Crippen molar-refractivity contribution >= 4 is 17.8 Å². The Bertz CT molecular complexity index is 869. The average Bonchev–Trinajstić information content (AvgIpc) is 3.16. The van der Waals surface area contributed by atoms with E-state index in [1.54, 1.807) is 6.07 Å². The van der Waals surface area contributed by atoms with E-state index < -0.39 is 5.91 Å². The zero-order valence-electron chi connectivity index (χ0n) is 17.3. The Morgan fingerprint density at radius 3 is 2.59 bits per heavy atom. The Morgan fingerprint density at radius 2 is 1.97 bits per heavy atom. The predicted molar refractivity (Wildman–Crippen MR) is 110 cm³/mol. The highest BCUT2D eigenvalue weighted by Gasteiger charge is 2.28. The largest absolute Gasteiger partial charge is 0.469 e. The van der Waals surface area contributed by atoms with Gasteiger partial charge in [0.1, 0.15) is 5.82 Å². The van der Waals surface area contributed by atoms with Crippen LogP contribution in [0, 0.1) is 5.92 Å². The monoisotopic (exact) mass is 399 g/mol. The molecule has 1 saturated heterocycles. The summed E-state index contributed by atoms with van der Waals surface area (Å²) in [7, 11) is 1.44. The average molecular weight is 399 g/mol. The number of primary amides is 1. The van der Waals surface area contributed by atoms with E-state index in [-0.39, 0.29) is 17.8 Å². The molecule has 0 unspecified atom stereocenters. The minimum Gasteiger partial charge on any atom is -0.469 e. The standard InChI is InChI=1S/C21H29N5O3/c1-14(2)19-23-24-21(25-10-8-16(9-11-25)20(28)29-3)26(19)12-7-15-5-4-6-17(13-15)18(22)27/h4-6,13-14,16H,7-12H2,1-3H3,(H2,22,27). The first kappa shape index (κ1) is 20.8. The van der Waals surface area contributed by atoms with Crippen LogP contribution in [-0.4, -0.2) is 46.8 Å². The number of ether oxygens (including phenoxy) is 1. The maximum Gasteiger partial charge on any atom is 0.308 e. The van der Waals surface area contributed by atoms with Crippen LogP contribution < -0.4 is 10.6 Å². The molecule has 1 amide bonds. The van der Waals surface area contributed by atoms with Gasteiger partial charge in [-0.05, 0) is 37.0 Å². The van der Waals surface area contributed by atoms with Crippen LogP contribution >= 0.6 is 0 Å². The van der Waals surface area contributed by atoms with Crippen LogP contribution in [0.2, 0.25) is 0 Å². The number of hydrogen-bond donors (Lipinski definition) is 1. The van der Waals surface area contributed by atoms with Crippen molar-refractivity contribution in [3.8, 4) is 0 Å². The molecular formula is C21H29N5O3. The van der Waals surface area contributed by atoms with Crippen LogP contribution in [-0.2, 0) is 22.5 Å². The number of anilines is 1. The van der Waals surface area contributed by atoms with Crippen molar-refractivity contribution in [1.29, 1.82) is 0 Å². The molecule has 8 heteroatoms. The van der Waals surface area contributed by atoms with Gasteiger partial charge >= 0.3 is 5.97 Å². The number of nitrogens with two attached hydrogens (primary N) is 1. The van der Waals surface area contributed by atoms with E-state index in [1.807, 2.05) is 18.2 Å².